The second-order valence-electron chi connectivity index (χ2n) is 7.42. The van der Waals surface area contributed by atoms with E-state index in [-0.39, 0.29) is 5.91 Å². The van der Waals surface area contributed by atoms with Gasteiger partial charge < -0.3 is 9.88 Å². The van der Waals surface area contributed by atoms with Crippen LogP contribution < -0.4 is 5.32 Å². The molecule has 0 aromatic carbocycles. The van der Waals surface area contributed by atoms with Gasteiger partial charge in [0.15, 0.2) is 11.0 Å². The summed E-state index contributed by atoms with van der Waals surface area (Å²) in [6.45, 7) is 7.49. The Labute approximate surface area is 165 Å². The molecule has 2 aromatic heterocycles. The highest BCUT2D eigenvalue weighted by Crippen LogP contribution is 2.30. The van der Waals surface area contributed by atoms with Crippen LogP contribution in [0.15, 0.2) is 29.7 Å². The Balaban J connectivity index is 1.63. The number of pyridine rings is 1. The topological polar surface area (TPSA) is 72.7 Å². The van der Waals surface area contributed by atoms with E-state index >= 15 is 0 Å². The molecule has 1 saturated carbocycles. The third-order valence-electron chi connectivity index (χ3n) is 5.49. The third-order valence-corrected chi connectivity index (χ3v) is 6.45. The number of hydrogen-bond acceptors (Lipinski definition) is 5. The Morgan fingerprint density at radius 1 is 1.26 bits per heavy atom. The van der Waals surface area contributed by atoms with Crippen LogP contribution >= 0.6 is 11.8 Å². The zero-order valence-corrected chi connectivity index (χ0v) is 17.2. The van der Waals surface area contributed by atoms with Crippen LogP contribution in [0, 0.1) is 11.8 Å². The Morgan fingerprint density at radius 3 is 2.78 bits per heavy atom. The molecule has 1 aliphatic rings. The summed E-state index contributed by atoms with van der Waals surface area (Å²) in [5.74, 6) is 2.50. The van der Waals surface area contributed by atoms with E-state index in [1.807, 2.05) is 12.1 Å². The molecule has 3 rings (SSSR count). The number of thioether (sulfide) groups is 1. The molecular formula is C20H29N5OS. The van der Waals surface area contributed by atoms with Gasteiger partial charge in [-0.25, -0.2) is 0 Å². The Kier molecular flexibility index (Phi) is 6.88. The molecule has 2 aromatic rings. The second-order valence-corrected chi connectivity index (χ2v) is 8.37. The second kappa shape index (κ2) is 9.35. The summed E-state index contributed by atoms with van der Waals surface area (Å²) in [7, 11) is 0. The third kappa shape index (κ3) is 4.89. The van der Waals surface area contributed by atoms with Gasteiger partial charge in [0.1, 0.15) is 0 Å². The summed E-state index contributed by atoms with van der Waals surface area (Å²) in [5.41, 5.74) is 0.993. The molecule has 1 amide bonds. The standard InChI is InChI=1S/C20H29N5OS/c1-4-12-25-19(16-8-10-21-11-9-16)23-24-20(25)27-13-18(26)22-17-7-5-6-14(2)15(17)3/h8-11,14-15,17H,4-7,12-13H2,1-3H3,(H,22,26). The number of hydrogen-bond donors (Lipinski definition) is 1. The van der Waals surface area contributed by atoms with Crippen LogP contribution in [0.25, 0.3) is 11.4 Å². The van der Waals surface area contributed by atoms with Crippen LogP contribution in [0.4, 0.5) is 0 Å². The van der Waals surface area contributed by atoms with Gasteiger partial charge in [-0.1, -0.05) is 45.4 Å². The fourth-order valence-electron chi connectivity index (χ4n) is 3.70. The van der Waals surface area contributed by atoms with Crippen molar-refractivity contribution >= 4 is 17.7 Å². The molecule has 27 heavy (non-hydrogen) atoms. The maximum atomic E-state index is 12.5. The lowest BCUT2D eigenvalue weighted by Gasteiger charge is -2.34. The molecule has 0 bridgehead atoms. The number of rotatable bonds is 7. The van der Waals surface area contributed by atoms with Crippen molar-refractivity contribution < 1.29 is 4.79 Å². The van der Waals surface area contributed by atoms with Crippen LogP contribution in [0.2, 0.25) is 0 Å². The van der Waals surface area contributed by atoms with Crippen LogP contribution in [0.1, 0.15) is 46.5 Å². The highest BCUT2D eigenvalue weighted by Gasteiger charge is 2.28. The fraction of sp³-hybridized carbons (Fsp3) is 0.600. The SMILES string of the molecule is CCCn1c(SCC(=O)NC2CCCC(C)C2C)nnc1-c1ccncc1. The van der Waals surface area contributed by atoms with E-state index in [0.717, 1.165) is 35.9 Å². The van der Waals surface area contributed by atoms with E-state index in [9.17, 15) is 4.79 Å². The zero-order valence-electron chi connectivity index (χ0n) is 16.4. The molecule has 6 nitrogen and oxygen atoms in total. The summed E-state index contributed by atoms with van der Waals surface area (Å²) < 4.78 is 2.10. The van der Waals surface area contributed by atoms with Crippen LogP contribution in [-0.2, 0) is 11.3 Å². The van der Waals surface area contributed by atoms with Crippen molar-refractivity contribution in [2.45, 2.75) is 64.2 Å². The number of amides is 1. The number of nitrogens with zero attached hydrogens (tertiary/aromatic N) is 4. The van der Waals surface area contributed by atoms with Gasteiger partial charge in [-0.05, 0) is 36.8 Å². The van der Waals surface area contributed by atoms with Crippen LogP contribution in [0.3, 0.4) is 0 Å². The summed E-state index contributed by atoms with van der Waals surface area (Å²) in [6.07, 6.45) is 8.04. The monoisotopic (exact) mass is 387 g/mol. The minimum Gasteiger partial charge on any atom is -0.352 e. The first kappa shape index (κ1) is 19.9. The lowest BCUT2D eigenvalue weighted by atomic mass is 9.78. The van der Waals surface area contributed by atoms with Crippen molar-refractivity contribution in [3.05, 3.63) is 24.5 Å². The predicted molar refractivity (Wildman–Crippen MR) is 108 cm³/mol. The van der Waals surface area contributed by atoms with Crippen LogP contribution in [0.5, 0.6) is 0 Å². The first-order chi connectivity index (χ1) is 13.1. The number of carbonyl (C=O) groups is 1. The molecule has 7 heteroatoms. The normalized spacial score (nSPS) is 22.6. The van der Waals surface area contributed by atoms with Gasteiger partial charge in [0, 0.05) is 30.5 Å². The smallest absolute Gasteiger partial charge is 0.230 e. The van der Waals surface area contributed by atoms with Gasteiger partial charge in [-0.2, -0.15) is 0 Å². The van der Waals surface area contributed by atoms with E-state index in [2.05, 4.69) is 45.8 Å². The first-order valence-corrected chi connectivity index (χ1v) is 10.8. The van der Waals surface area contributed by atoms with Crippen molar-refractivity contribution in [1.29, 1.82) is 0 Å². The Hall–Kier alpha value is -1.89. The Morgan fingerprint density at radius 2 is 2.04 bits per heavy atom. The molecular weight excluding hydrogens is 358 g/mol. The van der Waals surface area contributed by atoms with Gasteiger partial charge in [-0.15, -0.1) is 10.2 Å². The molecule has 1 N–H and O–H groups in total. The average Bonchev–Trinajstić information content (AvgIpc) is 3.07. The molecule has 2 heterocycles. The number of carbonyl (C=O) groups excluding carboxylic acids is 1. The lowest BCUT2D eigenvalue weighted by Crippen LogP contribution is -2.44. The predicted octanol–water partition coefficient (Wildman–Crippen LogP) is 3.78. The minimum absolute atomic E-state index is 0.0856. The van der Waals surface area contributed by atoms with Crippen molar-refractivity contribution in [2.75, 3.05) is 5.75 Å². The molecule has 3 unspecified atom stereocenters. The molecule has 0 spiro atoms. The summed E-state index contributed by atoms with van der Waals surface area (Å²) >= 11 is 1.46. The van der Waals surface area contributed by atoms with E-state index < -0.39 is 0 Å². The molecule has 0 aliphatic heterocycles. The van der Waals surface area contributed by atoms with E-state index in [0.29, 0.717) is 23.6 Å². The van der Waals surface area contributed by atoms with Crippen molar-refractivity contribution in [3.63, 3.8) is 0 Å². The largest absolute Gasteiger partial charge is 0.352 e. The van der Waals surface area contributed by atoms with Crippen LogP contribution in [-0.4, -0.2) is 37.5 Å². The Bertz CT molecular complexity index is 748. The maximum Gasteiger partial charge on any atom is 0.230 e. The number of nitrogens with one attached hydrogen (secondary N) is 1. The van der Waals surface area contributed by atoms with Crippen molar-refractivity contribution in [3.8, 4) is 11.4 Å². The molecule has 1 aliphatic carbocycles. The minimum atomic E-state index is 0.0856. The summed E-state index contributed by atoms with van der Waals surface area (Å²) in [4.78, 5) is 16.5. The first-order valence-electron chi connectivity index (χ1n) is 9.86. The quantitative estimate of drug-likeness (QED) is 0.732. The van der Waals surface area contributed by atoms with E-state index in [4.69, 9.17) is 0 Å². The van der Waals surface area contributed by atoms with Gasteiger partial charge in [0.2, 0.25) is 5.91 Å². The van der Waals surface area contributed by atoms with E-state index in [1.54, 1.807) is 12.4 Å². The lowest BCUT2D eigenvalue weighted by molar-refractivity contribution is -0.120. The molecule has 0 radical (unpaired) electrons. The number of aromatic nitrogens is 4. The van der Waals surface area contributed by atoms with E-state index in [1.165, 1.54) is 24.6 Å². The molecule has 146 valence electrons. The highest BCUT2D eigenvalue weighted by molar-refractivity contribution is 7.99. The highest BCUT2D eigenvalue weighted by atomic mass is 32.2. The van der Waals surface area contributed by atoms with Gasteiger partial charge in [0.25, 0.3) is 0 Å². The van der Waals surface area contributed by atoms with Gasteiger partial charge in [-0.3, -0.25) is 9.78 Å². The van der Waals surface area contributed by atoms with Crippen molar-refractivity contribution in [1.82, 2.24) is 25.1 Å². The van der Waals surface area contributed by atoms with Crippen molar-refractivity contribution in [2.24, 2.45) is 11.8 Å². The average molecular weight is 388 g/mol. The zero-order chi connectivity index (χ0) is 19.2. The van der Waals surface area contributed by atoms with Gasteiger partial charge in [0.05, 0.1) is 5.75 Å². The molecule has 1 fully saturated rings. The fourth-order valence-corrected chi connectivity index (χ4v) is 4.48. The molecule has 3 atom stereocenters. The molecule has 0 saturated heterocycles. The van der Waals surface area contributed by atoms with Gasteiger partial charge >= 0.3 is 0 Å². The maximum absolute atomic E-state index is 12.5. The summed E-state index contributed by atoms with van der Waals surface area (Å²) in [6, 6.07) is 4.16. The summed E-state index contributed by atoms with van der Waals surface area (Å²) in [5, 5.41) is 12.7.